The van der Waals surface area contributed by atoms with Gasteiger partial charge in [-0.3, -0.25) is 9.89 Å². The van der Waals surface area contributed by atoms with Crippen LogP contribution in [0.15, 0.2) is 0 Å². The van der Waals surface area contributed by atoms with E-state index in [1.807, 2.05) is 13.8 Å². The van der Waals surface area contributed by atoms with Gasteiger partial charge in [-0.25, -0.2) is 0 Å². The van der Waals surface area contributed by atoms with E-state index in [-0.39, 0.29) is 24.2 Å². The maximum absolute atomic E-state index is 12.6. The molecule has 1 aromatic rings. The first-order valence-electron chi connectivity index (χ1n) is 8.65. The Labute approximate surface area is 138 Å². The molecular formula is C17H28N4O2. The van der Waals surface area contributed by atoms with Gasteiger partial charge < -0.3 is 15.0 Å². The Morgan fingerprint density at radius 1 is 1.26 bits per heavy atom. The van der Waals surface area contributed by atoms with Crippen molar-refractivity contribution in [2.45, 2.75) is 70.2 Å². The van der Waals surface area contributed by atoms with Crippen LogP contribution in [0.2, 0.25) is 0 Å². The molecule has 0 radical (unpaired) electrons. The topological polar surface area (TPSA) is 70.2 Å². The molecule has 1 aromatic heterocycles. The van der Waals surface area contributed by atoms with Crippen molar-refractivity contribution in [2.75, 3.05) is 14.1 Å². The lowest BCUT2D eigenvalue weighted by atomic mass is 9.90. The molecule has 2 N–H and O–H groups in total. The number of aromatic nitrogens is 2. The standard InChI is InChI=1S/C17H28N4O2/c1-10-9-14-15(11(2)23-10)19-20-16(14)17(22)18-12-5-7-13(8-6-12)21(3)4/h10-13H,5-9H2,1-4H3,(H,18,22)(H,19,20)/t10-,11+,12?,13?/m1/s1. The molecule has 3 rings (SSSR count). The van der Waals surface area contributed by atoms with E-state index >= 15 is 0 Å². The molecule has 1 aliphatic heterocycles. The highest BCUT2D eigenvalue weighted by Crippen LogP contribution is 2.30. The number of hydrogen-bond acceptors (Lipinski definition) is 4. The van der Waals surface area contributed by atoms with Crippen LogP contribution in [0, 0.1) is 0 Å². The number of H-pyrrole nitrogens is 1. The van der Waals surface area contributed by atoms with E-state index in [0.717, 1.165) is 43.4 Å². The number of nitrogens with one attached hydrogen (secondary N) is 2. The molecule has 2 aliphatic rings. The predicted octanol–water partition coefficient (Wildman–Crippen LogP) is 2.03. The molecule has 2 heterocycles. The summed E-state index contributed by atoms with van der Waals surface area (Å²) in [4.78, 5) is 14.9. The van der Waals surface area contributed by atoms with Crippen LogP contribution in [0.3, 0.4) is 0 Å². The number of carbonyl (C=O) groups excluding carboxylic acids is 1. The molecule has 6 nitrogen and oxygen atoms in total. The Morgan fingerprint density at radius 3 is 2.61 bits per heavy atom. The summed E-state index contributed by atoms with van der Waals surface area (Å²) in [6.45, 7) is 4.04. The summed E-state index contributed by atoms with van der Waals surface area (Å²) in [6.07, 6.45) is 5.19. The number of amides is 1. The minimum atomic E-state index is -0.0443. The molecule has 1 aliphatic carbocycles. The molecule has 6 heteroatoms. The van der Waals surface area contributed by atoms with Crippen molar-refractivity contribution in [2.24, 2.45) is 0 Å². The third-order valence-electron chi connectivity index (χ3n) is 5.21. The second-order valence-electron chi connectivity index (χ2n) is 7.20. The summed E-state index contributed by atoms with van der Waals surface area (Å²) in [7, 11) is 4.26. The van der Waals surface area contributed by atoms with Crippen molar-refractivity contribution < 1.29 is 9.53 Å². The zero-order valence-electron chi connectivity index (χ0n) is 14.6. The van der Waals surface area contributed by atoms with Gasteiger partial charge in [0.1, 0.15) is 0 Å². The van der Waals surface area contributed by atoms with E-state index in [2.05, 4.69) is 34.5 Å². The Bertz CT molecular complexity index is 561. The highest BCUT2D eigenvalue weighted by Gasteiger charge is 2.31. The van der Waals surface area contributed by atoms with Crippen LogP contribution in [0.1, 0.15) is 67.4 Å². The lowest BCUT2D eigenvalue weighted by Crippen LogP contribution is -2.42. The van der Waals surface area contributed by atoms with Crippen molar-refractivity contribution in [1.29, 1.82) is 0 Å². The van der Waals surface area contributed by atoms with Gasteiger partial charge >= 0.3 is 0 Å². The summed E-state index contributed by atoms with van der Waals surface area (Å²) in [5.41, 5.74) is 2.53. The SMILES string of the molecule is C[C@@H]1Cc2c(C(=O)NC3CCC(N(C)C)CC3)n[nH]c2[C@H](C)O1. The van der Waals surface area contributed by atoms with Gasteiger partial charge in [-0.05, 0) is 53.6 Å². The lowest BCUT2D eigenvalue weighted by Gasteiger charge is -2.33. The number of rotatable bonds is 3. The van der Waals surface area contributed by atoms with Gasteiger partial charge in [0, 0.05) is 24.1 Å². The average molecular weight is 320 g/mol. The molecule has 2 atom stereocenters. The first-order chi connectivity index (χ1) is 11.0. The van der Waals surface area contributed by atoms with Gasteiger partial charge in [0.25, 0.3) is 5.91 Å². The van der Waals surface area contributed by atoms with E-state index < -0.39 is 0 Å². The van der Waals surface area contributed by atoms with E-state index in [9.17, 15) is 4.79 Å². The van der Waals surface area contributed by atoms with Crippen molar-refractivity contribution in [1.82, 2.24) is 20.4 Å². The maximum atomic E-state index is 12.6. The number of aromatic amines is 1. The van der Waals surface area contributed by atoms with Gasteiger partial charge in [-0.15, -0.1) is 0 Å². The molecule has 23 heavy (non-hydrogen) atoms. The monoisotopic (exact) mass is 320 g/mol. The fraction of sp³-hybridized carbons (Fsp3) is 0.765. The van der Waals surface area contributed by atoms with Gasteiger partial charge in [0.15, 0.2) is 5.69 Å². The summed E-state index contributed by atoms with van der Waals surface area (Å²) >= 11 is 0. The Kier molecular flexibility index (Phi) is 4.73. The molecule has 1 amide bonds. The Balaban J connectivity index is 1.64. The smallest absolute Gasteiger partial charge is 0.272 e. The number of fused-ring (bicyclic) bond motifs is 1. The summed E-state index contributed by atoms with van der Waals surface area (Å²) in [6, 6.07) is 0.904. The molecule has 0 unspecified atom stereocenters. The molecule has 0 aromatic carbocycles. The first kappa shape index (κ1) is 16.5. The third-order valence-corrected chi connectivity index (χ3v) is 5.21. The van der Waals surface area contributed by atoms with Crippen LogP contribution in [-0.2, 0) is 11.2 Å². The van der Waals surface area contributed by atoms with Crippen LogP contribution in [0.5, 0.6) is 0 Å². The largest absolute Gasteiger partial charge is 0.369 e. The van der Waals surface area contributed by atoms with Crippen LogP contribution in [-0.4, -0.2) is 53.3 Å². The van der Waals surface area contributed by atoms with E-state index in [1.165, 1.54) is 0 Å². The fourth-order valence-electron chi connectivity index (χ4n) is 3.85. The van der Waals surface area contributed by atoms with Crippen LogP contribution in [0.25, 0.3) is 0 Å². The maximum Gasteiger partial charge on any atom is 0.272 e. The van der Waals surface area contributed by atoms with Gasteiger partial charge in [-0.1, -0.05) is 0 Å². The minimum Gasteiger partial charge on any atom is -0.369 e. The van der Waals surface area contributed by atoms with Crippen molar-refractivity contribution in [3.8, 4) is 0 Å². The second kappa shape index (κ2) is 6.61. The highest BCUT2D eigenvalue weighted by atomic mass is 16.5. The normalized spacial score (nSPS) is 31.0. The van der Waals surface area contributed by atoms with Crippen molar-refractivity contribution in [3.63, 3.8) is 0 Å². The average Bonchev–Trinajstić information content (AvgIpc) is 2.91. The first-order valence-corrected chi connectivity index (χ1v) is 8.65. The number of hydrogen-bond donors (Lipinski definition) is 2. The van der Waals surface area contributed by atoms with Crippen LogP contribution >= 0.6 is 0 Å². The predicted molar refractivity (Wildman–Crippen MR) is 88.5 cm³/mol. The fourth-order valence-corrected chi connectivity index (χ4v) is 3.85. The minimum absolute atomic E-state index is 0.0293. The lowest BCUT2D eigenvalue weighted by molar-refractivity contribution is -0.00697. The highest BCUT2D eigenvalue weighted by molar-refractivity contribution is 5.94. The summed E-state index contributed by atoms with van der Waals surface area (Å²) in [5, 5.41) is 10.4. The Morgan fingerprint density at radius 2 is 1.96 bits per heavy atom. The van der Waals surface area contributed by atoms with Crippen LogP contribution in [0.4, 0.5) is 0 Å². The van der Waals surface area contributed by atoms with Crippen molar-refractivity contribution in [3.05, 3.63) is 17.0 Å². The number of ether oxygens (including phenoxy) is 1. The molecule has 1 saturated carbocycles. The van der Waals surface area contributed by atoms with Gasteiger partial charge in [0.05, 0.1) is 17.9 Å². The third kappa shape index (κ3) is 3.43. The van der Waals surface area contributed by atoms with E-state index in [4.69, 9.17) is 4.74 Å². The summed E-state index contributed by atoms with van der Waals surface area (Å²) in [5.74, 6) is -0.0443. The number of nitrogens with zero attached hydrogens (tertiary/aromatic N) is 2. The van der Waals surface area contributed by atoms with Gasteiger partial charge in [0.2, 0.25) is 0 Å². The quantitative estimate of drug-likeness (QED) is 0.894. The van der Waals surface area contributed by atoms with Crippen molar-refractivity contribution >= 4 is 5.91 Å². The zero-order valence-corrected chi connectivity index (χ0v) is 14.6. The molecule has 1 fully saturated rings. The molecular weight excluding hydrogens is 292 g/mol. The number of carbonyl (C=O) groups is 1. The second-order valence-corrected chi connectivity index (χ2v) is 7.20. The van der Waals surface area contributed by atoms with E-state index in [1.54, 1.807) is 0 Å². The molecule has 0 spiro atoms. The summed E-state index contributed by atoms with van der Waals surface area (Å²) < 4.78 is 5.78. The van der Waals surface area contributed by atoms with Gasteiger partial charge in [-0.2, -0.15) is 5.10 Å². The molecule has 0 bridgehead atoms. The van der Waals surface area contributed by atoms with Crippen LogP contribution < -0.4 is 5.32 Å². The Hall–Kier alpha value is -1.40. The molecule has 128 valence electrons. The van der Waals surface area contributed by atoms with E-state index in [0.29, 0.717) is 11.7 Å². The zero-order chi connectivity index (χ0) is 16.6. The molecule has 0 saturated heterocycles.